The molecule has 10 heteroatoms. The van der Waals surface area contributed by atoms with Gasteiger partial charge in [-0.3, -0.25) is 9.36 Å². The summed E-state index contributed by atoms with van der Waals surface area (Å²) >= 11 is 3.31. The van der Waals surface area contributed by atoms with Crippen LogP contribution in [-0.2, 0) is 4.79 Å². The average Bonchev–Trinajstić information content (AvgIpc) is 3.43. The van der Waals surface area contributed by atoms with Crippen LogP contribution in [-0.4, -0.2) is 32.2 Å². The van der Waals surface area contributed by atoms with E-state index in [1.807, 2.05) is 52.4 Å². The first kappa shape index (κ1) is 21.5. The molecule has 0 aliphatic heterocycles. The highest BCUT2D eigenvalue weighted by atomic mass is 32.2. The van der Waals surface area contributed by atoms with Gasteiger partial charge < -0.3 is 5.32 Å². The first-order chi connectivity index (χ1) is 15.1. The van der Waals surface area contributed by atoms with Gasteiger partial charge in [0.1, 0.15) is 0 Å². The number of hydrogen-bond donors (Lipinski definition) is 1. The van der Waals surface area contributed by atoms with Crippen LogP contribution in [0.1, 0.15) is 0 Å². The van der Waals surface area contributed by atoms with Gasteiger partial charge in [0.25, 0.3) is 5.76 Å². The van der Waals surface area contributed by atoms with Crippen molar-refractivity contribution >= 4 is 46.5 Å². The molecule has 0 fully saturated rings. The molecule has 0 saturated carbocycles. The molecule has 0 saturated heterocycles. The van der Waals surface area contributed by atoms with Crippen LogP contribution in [0.15, 0.2) is 82.2 Å². The predicted octanol–water partition coefficient (Wildman–Crippen LogP) is 6.04. The molecule has 0 bridgehead atoms. The Morgan fingerprint density at radius 1 is 1.03 bits per heavy atom. The van der Waals surface area contributed by atoms with E-state index in [1.165, 1.54) is 11.8 Å². The molecule has 4 aromatic rings. The summed E-state index contributed by atoms with van der Waals surface area (Å²) < 4.78 is 26.8. The highest BCUT2D eigenvalue weighted by molar-refractivity contribution is 8.00. The molecule has 31 heavy (non-hydrogen) atoms. The minimum atomic E-state index is -2.47. The number of carbonyl (C=O) groups excluding carboxylic acids is 1. The molecule has 5 nitrogen and oxygen atoms in total. The van der Waals surface area contributed by atoms with Crippen molar-refractivity contribution in [2.75, 3.05) is 11.1 Å². The number of anilines is 1. The summed E-state index contributed by atoms with van der Waals surface area (Å²) in [5, 5.41) is 14.0. The van der Waals surface area contributed by atoms with Crippen LogP contribution >= 0.6 is 34.9 Å². The molecule has 1 N–H and O–H groups in total. The quantitative estimate of drug-likeness (QED) is 0.316. The van der Waals surface area contributed by atoms with Crippen molar-refractivity contribution in [1.29, 1.82) is 0 Å². The highest BCUT2D eigenvalue weighted by Crippen LogP contribution is 2.30. The Morgan fingerprint density at radius 2 is 1.81 bits per heavy atom. The number of rotatable bonds is 8. The summed E-state index contributed by atoms with van der Waals surface area (Å²) in [4.78, 5) is 13.8. The molecule has 2 heterocycles. The van der Waals surface area contributed by atoms with E-state index in [-0.39, 0.29) is 11.7 Å². The van der Waals surface area contributed by atoms with Crippen molar-refractivity contribution in [3.05, 3.63) is 72.1 Å². The number of benzene rings is 2. The van der Waals surface area contributed by atoms with E-state index in [2.05, 4.69) is 15.5 Å². The van der Waals surface area contributed by atoms with Crippen LogP contribution in [0.25, 0.3) is 16.4 Å². The molecule has 2 aromatic heterocycles. The van der Waals surface area contributed by atoms with Crippen molar-refractivity contribution in [3.8, 4) is 16.4 Å². The van der Waals surface area contributed by atoms with E-state index in [0.717, 1.165) is 16.4 Å². The fourth-order valence-corrected chi connectivity index (χ4v) is 4.73. The van der Waals surface area contributed by atoms with Gasteiger partial charge >= 0.3 is 0 Å². The second-order valence-electron chi connectivity index (χ2n) is 6.19. The Balaban J connectivity index is 1.46. The Kier molecular flexibility index (Phi) is 7.00. The second kappa shape index (κ2) is 10.1. The number of nitrogens with zero attached hydrogens (tertiary/aromatic N) is 3. The summed E-state index contributed by atoms with van der Waals surface area (Å²) in [6, 6.07) is 20.0. The summed E-state index contributed by atoms with van der Waals surface area (Å²) in [6.07, 6.45) is 0. The summed E-state index contributed by atoms with van der Waals surface area (Å²) in [6.45, 7) is 0. The van der Waals surface area contributed by atoms with Crippen molar-refractivity contribution in [2.24, 2.45) is 0 Å². The number of alkyl halides is 2. The smallest absolute Gasteiger partial charge is 0.288 e. The third kappa shape index (κ3) is 5.52. The van der Waals surface area contributed by atoms with E-state index in [1.54, 1.807) is 35.6 Å². The van der Waals surface area contributed by atoms with Gasteiger partial charge in [-0.15, -0.1) is 21.5 Å². The Hall–Kier alpha value is -2.69. The maximum Gasteiger partial charge on any atom is 0.288 e. The fourth-order valence-electron chi connectivity index (χ4n) is 2.79. The molecule has 0 radical (unpaired) electrons. The van der Waals surface area contributed by atoms with Crippen molar-refractivity contribution in [3.63, 3.8) is 0 Å². The van der Waals surface area contributed by atoms with E-state index in [9.17, 15) is 13.6 Å². The third-order valence-corrected chi connectivity index (χ3v) is 6.60. The lowest BCUT2D eigenvalue weighted by molar-refractivity contribution is -0.113. The van der Waals surface area contributed by atoms with Gasteiger partial charge in [-0.05, 0) is 47.8 Å². The van der Waals surface area contributed by atoms with Crippen LogP contribution in [0.3, 0.4) is 0 Å². The number of halogens is 2. The average molecular weight is 475 g/mol. The number of para-hydroxylation sites is 1. The molecular weight excluding hydrogens is 458 g/mol. The van der Waals surface area contributed by atoms with E-state index < -0.39 is 5.76 Å². The number of thiophene rings is 1. The van der Waals surface area contributed by atoms with Crippen LogP contribution in [0, 0.1) is 0 Å². The second-order valence-corrected chi connectivity index (χ2v) is 9.15. The summed E-state index contributed by atoms with van der Waals surface area (Å²) in [5.74, 6) is -1.85. The minimum absolute atomic E-state index is 0.128. The molecule has 2 aromatic carbocycles. The Bertz CT molecular complexity index is 1130. The number of thioether (sulfide) groups is 2. The van der Waals surface area contributed by atoms with Gasteiger partial charge in [-0.25, -0.2) is 0 Å². The van der Waals surface area contributed by atoms with E-state index in [0.29, 0.717) is 27.5 Å². The zero-order valence-corrected chi connectivity index (χ0v) is 18.4. The van der Waals surface area contributed by atoms with Crippen LogP contribution in [0.2, 0.25) is 0 Å². The van der Waals surface area contributed by atoms with Crippen LogP contribution in [0.4, 0.5) is 14.5 Å². The fraction of sp³-hybridized carbons (Fsp3) is 0.0952. The van der Waals surface area contributed by atoms with Gasteiger partial charge in [0.05, 0.1) is 10.6 Å². The predicted molar refractivity (Wildman–Crippen MR) is 122 cm³/mol. The first-order valence-electron chi connectivity index (χ1n) is 9.12. The molecule has 1 amide bonds. The molecule has 0 unspecified atom stereocenters. The lowest BCUT2D eigenvalue weighted by Gasteiger charge is -2.10. The Morgan fingerprint density at radius 3 is 2.48 bits per heavy atom. The molecular formula is C21H16F2N4OS3. The monoisotopic (exact) mass is 474 g/mol. The zero-order valence-electron chi connectivity index (χ0n) is 15.9. The Labute approximate surface area is 189 Å². The normalized spacial score (nSPS) is 11.1. The van der Waals surface area contributed by atoms with Gasteiger partial charge in [-0.1, -0.05) is 47.8 Å². The van der Waals surface area contributed by atoms with Crippen molar-refractivity contribution < 1.29 is 13.6 Å². The molecule has 4 rings (SSSR count). The number of carbonyl (C=O) groups is 1. The molecule has 0 aliphatic carbocycles. The van der Waals surface area contributed by atoms with Gasteiger partial charge in [-0.2, -0.15) is 8.78 Å². The largest absolute Gasteiger partial charge is 0.325 e. The highest BCUT2D eigenvalue weighted by Gasteiger charge is 2.18. The molecule has 0 aliphatic rings. The number of hydrogen-bond acceptors (Lipinski definition) is 6. The summed E-state index contributed by atoms with van der Waals surface area (Å²) in [7, 11) is 0. The number of amides is 1. The SMILES string of the molecule is O=C(CSc1nnc(-c2cccs2)n1-c1ccccc1)Nc1ccc(SC(F)F)cc1. The first-order valence-corrected chi connectivity index (χ1v) is 11.9. The summed E-state index contributed by atoms with van der Waals surface area (Å²) in [5.41, 5.74) is 1.46. The van der Waals surface area contributed by atoms with Crippen molar-refractivity contribution in [2.45, 2.75) is 15.8 Å². The third-order valence-electron chi connectivity index (χ3n) is 4.08. The lowest BCUT2D eigenvalue weighted by atomic mass is 10.3. The number of aromatic nitrogens is 3. The molecule has 0 atom stereocenters. The minimum Gasteiger partial charge on any atom is -0.325 e. The van der Waals surface area contributed by atoms with E-state index >= 15 is 0 Å². The van der Waals surface area contributed by atoms with Gasteiger partial charge in [0.15, 0.2) is 11.0 Å². The maximum absolute atomic E-state index is 12.4. The topological polar surface area (TPSA) is 59.8 Å². The van der Waals surface area contributed by atoms with Gasteiger partial charge in [0, 0.05) is 16.3 Å². The van der Waals surface area contributed by atoms with Crippen LogP contribution in [0.5, 0.6) is 0 Å². The number of nitrogens with one attached hydrogen (secondary N) is 1. The maximum atomic E-state index is 12.4. The van der Waals surface area contributed by atoms with Crippen molar-refractivity contribution in [1.82, 2.24) is 14.8 Å². The van der Waals surface area contributed by atoms with Crippen LogP contribution < -0.4 is 5.32 Å². The molecule has 0 spiro atoms. The van der Waals surface area contributed by atoms with Gasteiger partial charge in [0.2, 0.25) is 5.91 Å². The lowest BCUT2D eigenvalue weighted by Crippen LogP contribution is -2.14. The zero-order chi connectivity index (χ0) is 21.6. The van der Waals surface area contributed by atoms with E-state index in [4.69, 9.17) is 0 Å². The molecule has 158 valence electrons. The standard InChI is InChI=1S/C21H16F2N4OS3/c22-20(23)31-16-10-8-14(9-11-16)24-18(28)13-30-21-26-25-19(17-7-4-12-29-17)27(21)15-5-2-1-3-6-15/h1-12,20H,13H2,(H,24,28).